The third-order valence-corrected chi connectivity index (χ3v) is 5.79. The number of sulfonamides is 1. The first-order chi connectivity index (χ1) is 14.3. The Hall–Kier alpha value is -1.43. The predicted octanol–water partition coefficient (Wildman–Crippen LogP) is 4.39. The molecule has 30 heavy (non-hydrogen) atoms. The molecular weight excluding hydrogens is 608 g/mol. The molecule has 0 spiro atoms. The van der Waals surface area contributed by atoms with Crippen LogP contribution in [0.1, 0.15) is 5.56 Å². The third kappa shape index (κ3) is 19.9. The van der Waals surface area contributed by atoms with Gasteiger partial charge in [0.2, 0.25) is 10.0 Å². The number of benzene rings is 2. The van der Waals surface area contributed by atoms with Crippen LogP contribution in [0.4, 0.5) is 0 Å². The zero-order valence-corrected chi connectivity index (χ0v) is 22.6. The van der Waals surface area contributed by atoms with Crippen LogP contribution < -0.4 is 10.5 Å². The zero-order valence-electron chi connectivity index (χ0n) is 17.9. The number of nitrogens with zero attached hydrogens (tertiary/aromatic N) is 5. The van der Waals surface area contributed by atoms with E-state index in [1.54, 1.807) is 31.3 Å². The number of halogens is 1. The summed E-state index contributed by atoms with van der Waals surface area (Å²) in [6.45, 7) is 1.91. The molecule has 2 aromatic carbocycles. The SMILES string of the molecule is CN.CN=Ic1ccccc1.CN=[N+]=[N-].CNS(=O)(=O)c1ccc(C)cc1.C[N]=[Rh]. The number of nitrogens with two attached hydrogens (primary N) is 1. The number of hydrogen-bond acceptors (Lipinski definition) is 6. The first kappa shape index (κ1) is 33.2. The molecule has 12 heteroatoms. The molecule has 0 amide bonds. The molecule has 0 aliphatic carbocycles. The van der Waals surface area contributed by atoms with Crippen molar-refractivity contribution in [3.05, 3.63) is 74.2 Å². The molecule has 0 saturated carbocycles. The topological polar surface area (TPSA) is 146 Å². The van der Waals surface area contributed by atoms with Crippen molar-refractivity contribution in [2.75, 3.05) is 35.2 Å². The van der Waals surface area contributed by atoms with E-state index in [0.717, 1.165) is 5.56 Å². The summed E-state index contributed by atoms with van der Waals surface area (Å²) >= 11 is 2.30. The summed E-state index contributed by atoms with van der Waals surface area (Å²) in [5, 5.41) is 2.92. The number of aryl methyl sites for hydroxylation is 1. The molecule has 2 aromatic rings. The fraction of sp³-hybridized carbons (Fsp3) is 0.333. The monoisotopic (exact) mass is 638 g/mol. The van der Waals surface area contributed by atoms with Crippen LogP contribution in [0.25, 0.3) is 10.4 Å². The Bertz CT molecular complexity index is 843. The Balaban J connectivity index is -0.000000357. The van der Waals surface area contributed by atoms with Crippen molar-refractivity contribution in [1.29, 1.82) is 0 Å². The minimum absolute atomic E-state index is 0.0451. The van der Waals surface area contributed by atoms with Crippen LogP contribution in [0.3, 0.4) is 0 Å². The third-order valence-electron chi connectivity index (χ3n) is 2.60. The summed E-state index contributed by atoms with van der Waals surface area (Å²) in [6.07, 6.45) is 0. The van der Waals surface area contributed by atoms with E-state index in [9.17, 15) is 8.42 Å². The Kier molecular flexibility index (Phi) is 26.4. The van der Waals surface area contributed by atoms with E-state index in [-0.39, 0.29) is 21.0 Å². The average Bonchev–Trinajstić information content (AvgIpc) is 2.78. The fourth-order valence-electron chi connectivity index (χ4n) is 1.40. The molecule has 9 nitrogen and oxygen atoms in total. The summed E-state index contributed by atoms with van der Waals surface area (Å²) in [6, 6.07) is 17.1. The molecule has 0 aliphatic rings. The summed E-state index contributed by atoms with van der Waals surface area (Å²) in [5.74, 6) is 0. The van der Waals surface area contributed by atoms with Crippen LogP contribution in [0.15, 0.2) is 71.4 Å². The number of azide groups is 1. The first-order valence-corrected chi connectivity index (χ1v) is 12.6. The summed E-state index contributed by atoms with van der Waals surface area (Å²) in [7, 11) is 4.60. The molecule has 0 unspecified atom stereocenters. The molecule has 2 rings (SSSR count). The molecule has 0 aromatic heterocycles. The molecule has 0 radical (unpaired) electrons. The van der Waals surface area contributed by atoms with Gasteiger partial charge < -0.3 is 5.73 Å². The van der Waals surface area contributed by atoms with E-state index >= 15 is 0 Å². The maximum absolute atomic E-state index is 11.2. The second kappa shape index (κ2) is 23.8. The van der Waals surface area contributed by atoms with Crippen LogP contribution in [0, 0.1) is 10.5 Å². The van der Waals surface area contributed by atoms with E-state index in [1.807, 2.05) is 20.0 Å². The van der Waals surface area contributed by atoms with Gasteiger partial charge in [-0.1, -0.05) is 41.0 Å². The van der Waals surface area contributed by atoms with Crippen molar-refractivity contribution < 1.29 is 26.5 Å². The molecular formula is C18H30IN7O2RhS. The standard InChI is InChI=1S/C8H11NO2S.C7H8IN.CH3N3.CH5N.CH3N.Rh/c1-7-3-5-8(6-4-7)12(10,11)9-2;1-9-8-7-5-3-2-4-6-7;1-3-4-2;2*1-2;/h3-6,9H,1-2H3;2-6H,1H3;1H3;2H2,1H3;1H3;. The van der Waals surface area contributed by atoms with Gasteiger partial charge in [0, 0.05) is 43.6 Å². The summed E-state index contributed by atoms with van der Waals surface area (Å²) < 4.78 is 33.5. The summed E-state index contributed by atoms with van der Waals surface area (Å²) in [4.78, 5) is 2.66. The van der Waals surface area contributed by atoms with E-state index in [0.29, 0.717) is 4.90 Å². The van der Waals surface area contributed by atoms with E-state index in [4.69, 9.17) is 5.53 Å². The Morgan fingerprint density at radius 3 is 1.80 bits per heavy atom. The molecule has 0 atom stereocenters. The van der Waals surface area contributed by atoms with Gasteiger partial charge in [0.15, 0.2) is 0 Å². The maximum atomic E-state index is 11.2. The molecule has 171 valence electrons. The molecule has 0 heterocycles. The van der Waals surface area contributed by atoms with Crippen molar-refractivity contribution in [2.45, 2.75) is 11.8 Å². The van der Waals surface area contributed by atoms with Crippen LogP contribution >= 0.6 is 21.0 Å². The molecule has 0 fully saturated rings. The molecule has 3 N–H and O–H groups in total. The van der Waals surface area contributed by atoms with E-state index in [1.165, 1.54) is 24.7 Å². The second-order valence-electron chi connectivity index (χ2n) is 4.51. The molecule has 0 bridgehead atoms. The molecule has 0 aliphatic heterocycles. The Labute approximate surface area is 200 Å². The van der Waals surface area contributed by atoms with Gasteiger partial charge in [-0.15, -0.1) is 0 Å². The predicted molar refractivity (Wildman–Crippen MR) is 128 cm³/mol. The fourth-order valence-corrected chi connectivity index (χ4v) is 3.43. The van der Waals surface area contributed by atoms with Crippen LogP contribution in [0.5, 0.6) is 0 Å². The number of hydrogen-bond donors (Lipinski definition) is 2. The van der Waals surface area contributed by atoms with Gasteiger partial charge in [-0.2, -0.15) is 0 Å². The van der Waals surface area contributed by atoms with Crippen molar-refractivity contribution in [1.82, 2.24) is 4.72 Å². The second-order valence-corrected chi connectivity index (χ2v) is 9.82. The van der Waals surface area contributed by atoms with Gasteiger partial charge in [-0.25, -0.2) is 13.1 Å². The Morgan fingerprint density at radius 2 is 1.47 bits per heavy atom. The van der Waals surface area contributed by atoms with Crippen molar-refractivity contribution in [2.24, 2.45) is 17.7 Å². The van der Waals surface area contributed by atoms with Crippen molar-refractivity contribution in [3.8, 4) is 0 Å². The van der Waals surface area contributed by atoms with Gasteiger partial charge in [0.1, 0.15) is 0 Å². The molecule has 0 saturated heterocycles. The average molecular weight is 638 g/mol. The van der Waals surface area contributed by atoms with Gasteiger partial charge in [-0.05, 0) is 50.8 Å². The van der Waals surface area contributed by atoms with E-state index in [2.05, 4.69) is 69.7 Å². The van der Waals surface area contributed by atoms with Crippen LogP contribution in [0.2, 0.25) is 0 Å². The Morgan fingerprint density at radius 1 is 1.03 bits per heavy atom. The number of rotatable bonds is 3. The normalized spacial score (nSPS) is 9.20. The van der Waals surface area contributed by atoms with Crippen molar-refractivity contribution in [3.63, 3.8) is 0 Å². The quantitative estimate of drug-likeness (QED) is 0.169. The minimum atomic E-state index is -3.26. The van der Waals surface area contributed by atoms with Gasteiger partial charge in [-0.3, -0.25) is 3.15 Å². The summed E-state index contributed by atoms with van der Waals surface area (Å²) in [5.41, 5.74) is 12.9. The number of nitrogens with one attached hydrogen (secondary N) is 1. The van der Waals surface area contributed by atoms with Crippen LogP contribution in [-0.2, 0) is 28.1 Å². The van der Waals surface area contributed by atoms with Crippen molar-refractivity contribution >= 4 is 31.1 Å². The zero-order chi connectivity index (χ0) is 23.8. The van der Waals surface area contributed by atoms with E-state index < -0.39 is 10.0 Å². The van der Waals surface area contributed by atoms with Crippen LogP contribution in [-0.4, -0.2) is 43.7 Å². The van der Waals surface area contributed by atoms with Gasteiger partial charge >= 0.3 is 28.8 Å². The van der Waals surface area contributed by atoms with Gasteiger partial charge in [0.25, 0.3) is 0 Å². The first-order valence-electron chi connectivity index (χ1n) is 8.30. The van der Waals surface area contributed by atoms with Gasteiger partial charge in [0.05, 0.1) is 4.90 Å².